The minimum atomic E-state index is 0.167. The Hall–Kier alpha value is -0.610. The summed E-state index contributed by atoms with van der Waals surface area (Å²) in [5.41, 5.74) is 5.84. The third-order valence-electron chi connectivity index (χ3n) is 3.49. The molecule has 1 aliphatic rings. The molecule has 3 N–H and O–H groups in total. The van der Waals surface area contributed by atoms with Gasteiger partial charge in [-0.25, -0.2) is 0 Å². The summed E-state index contributed by atoms with van der Waals surface area (Å²) >= 11 is 0. The summed E-state index contributed by atoms with van der Waals surface area (Å²) in [4.78, 5) is 14.1. The monoisotopic (exact) mass is 241 g/mol. The molecule has 0 aromatic carbocycles. The first-order valence-corrected chi connectivity index (χ1v) is 6.93. The number of rotatable bonds is 6. The highest BCUT2D eigenvalue weighted by molar-refractivity contribution is 5.78. The Kier molecular flexibility index (Phi) is 6.52. The van der Waals surface area contributed by atoms with E-state index < -0.39 is 0 Å². The van der Waals surface area contributed by atoms with Crippen LogP contribution in [0.5, 0.6) is 0 Å². The third kappa shape index (κ3) is 5.50. The van der Waals surface area contributed by atoms with Crippen LogP contribution < -0.4 is 11.1 Å². The minimum absolute atomic E-state index is 0.167. The number of nitrogens with two attached hydrogens (primary N) is 1. The van der Waals surface area contributed by atoms with Crippen molar-refractivity contribution < 1.29 is 4.79 Å². The first kappa shape index (κ1) is 14.5. The minimum Gasteiger partial charge on any atom is -0.352 e. The van der Waals surface area contributed by atoms with Crippen LogP contribution >= 0.6 is 0 Å². The lowest BCUT2D eigenvalue weighted by Crippen LogP contribution is -2.46. The molecule has 4 heteroatoms. The number of piperidine rings is 1. The predicted octanol–water partition coefficient (Wildman–Crippen LogP) is 1.10. The average molecular weight is 241 g/mol. The van der Waals surface area contributed by atoms with E-state index in [4.69, 9.17) is 5.73 Å². The number of nitrogens with one attached hydrogen (secondary N) is 1. The van der Waals surface area contributed by atoms with Gasteiger partial charge >= 0.3 is 0 Å². The number of hydrogen-bond donors (Lipinski definition) is 2. The van der Waals surface area contributed by atoms with Crippen molar-refractivity contribution in [3.8, 4) is 0 Å². The number of carbonyl (C=O) groups is 1. The second kappa shape index (κ2) is 7.67. The van der Waals surface area contributed by atoms with Crippen LogP contribution in [0, 0.1) is 0 Å². The molecule has 100 valence electrons. The van der Waals surface area contributed by atoms with Crippen molar-refractivity contribution >= 4 is 5.91 Å². The van der Waals surface area contributed by atoms with E-state index in [-0.39, 0.29) is 5.91 Å². The largest absolute Gasteiger partial charge is 0.352 e. The molecule has 1 aliphatic heterocycles. The smallest absolute Gasteiger partial charge is 0.234 e. The van der Waals surface area contributed by atoms with Crippen molar-refractivity contribution in [2.24, 2.45) is 5.73 Å². The normalized spacial score (nSPS) is 20.2. The number of nitrogens with zero attached hydrogens (tertiary/aromatic N) is 1. The molecule has 0 saturated carbocycles. The zero-order chi connectivity index (χ0) is 12.7. The lowest BCUT2D eigenvalue weighted by atomic mass is 10.1. The summed E-state index contributed by atoms with van der Waals surface area (Å²) in [6.45, 7) is 6.73. The van der Waals surface area contributed by atoms with Crippen molar-refractivity contribution in [2.75, 3.05) is 19.6 Å². The van der Waals surface area contributed by atoms with E-state index in [0.717, 1.165) is 45.2 Å². The van der Waals surface area contributed by atoms with Gasteiger partial charge in [0, 0.05) is 25.2 Å². The lowest BCUT2D eigenvalue weighted by Gasteiger charge is -2.30. The van der Waals surface area contributed by atoms with E-state index >= 15 is 0 Å². The molecule has 1 atom stereocenters. The van der Waals surface area contributed by atoms with Crippen molar-refractivity contribution in [3.63, 3.8) is 0 Å². The molecule has 17 heavy (non-hydrogen) atoms. The van der Waals surface area contributed by atoms with E-state index in [9.17, 15) is 4.79 Å². The van der Waals surface area contributed by atoms with Gasteiger partial charge in [-0.3, -0.25) is 9.69 Å². The molecule has 0 bridgehead atoms. The molecule has 1 unspecified atom stereocenters. The Balaban J connectivity index is 2.24. The van der Waals surface area contributed by atoms with Crippen LogP contribution in [0.3, 0.4) is 0 Å². The molecule has 0 aliphatic carbocycles. The second-order valence-corrected chi connectivity index (χ2v) is 5.07. The molecule has 1 rings (SSSR count). The van der Waals surface area contributed by atoms with Crippen molar-refractivity contribution in [2.45, 2.75) is 58.0 Å². The van der Waals surface area contributed by atoms with Gasteiger partial charge in [0.25, 0.3) is 0 Å². The molecular formula is C13H27N3O. The fourth-order valence-electron chi connectivity index (χ4n) is 2.31. The van der Waals surface area contributed by atoms with Gasteiger partial charge in [0.15, 0.2) is 0 Å². The molecule has 1 amide bonds. The van der Waals surface area contributed by atoms with Crippen LogP contribution in [0.1, 0.15) is 46.0 Å². The Labute approximate surface area is 105 Å². The molecule has 1 saturated heterocycles. The number of hydrogen-bond acceptors (Lipinski definition) is 3. The van der Waals surface area contributed by atoms with E-state index in [1.54, 1.807) is 0 Å². The summed E-state index contributed by atoms with van der Waals surface area (Å²) in [6.07, 6.45) is 5.24. The first-order valence-electron chi connectivity index (χ1n) is 6.93. The second-order valence-electron chi connectivity index (χ2n) is 5.07. The summed E-state index contributed by atoms with van der Waals surface area (Å²) < 4.78 is 0. The molecule has 1 heterocycles. The van der Waals surface area contributed by atoms with Crippen molar-refractivity contribution in [3.05, 3.63) is 0 Å². The molecule has 0 aromatic heterocycles. The maximum Gasteiger partial charge on any atom is 0.234 e. The van der Waals surface area contributed by atoms with Crippen molar-refractivity contribution in [1.29, 1.82) is 0 Å². The molecule has 1 fully saturated rings. The van der Waals surface area contributed by atoms with Gasteiger partial charge in [0.05, 0.1) is 6.54 Å². The van der Waals surface area contributed by atoms with Gasteiger partial charge in [-0.05, 0) is 25.7 Å². The molecular weight excluding hydrogens is 214 g/mol. The zero-order valence-corrected chi connectivity index (χ0v) is 11.2. The van der Waals surface area contributed by atoms with E-state index in [1.807, 2.05) is 0 Å². The van der Waals surface area contributed by atoms with Gasteiger partial charge in [-0.15, -0.1) is 0 Å². The van der Waals surface area contributed by atoms with Crippen LogP contribution in [0.4, 0.5) is 0 Å². The maximum absolute atomic E-state index is 11.9. The Morgan fingerprint density at radius 3 is 2.59 bits per heavy atom. The van der Waals surface area contributed by atoms with Gasteiger partial charge in [-0.1, -0.05) is 20.3 Å². The fraction of sp³-hybridized carbons (Fsp3) is 0.923. The van der Waals surface area contributed by atoms with E-state index in [1.165, 1.54) is 0 Å². The van der Waals surface area contributed by atoms with E-state index in [2.05, 4.69) is 24.1 Å². The first-order chi connectivity index (χ1) is 8.15. The average Bonchev–Trinajstić information content (AvgIpc) is 2.31. The molecule has 0 radical (unpaired) electrons. The molecule has 0 spiro atoms. The topological polar surface area (TPSA) is 58.4 Å². The van der Waals surface area contributed by atoms with Gasteiger partial charge in [0.1, 0.15) is 0 Å². The standard InChI is InChI=1S/C13H27N3O/c1-3-5-12(4-2)15-13(17)10-16-8-6-11(14)7-9-16/h11-12H,3-10,14H2,1-2H3,(H,15,17). The van der Waals surface area contributed by atoms with E-state index in [0.29, 0.717) is 18.6 Å². The summed E-state index contributed by atoms with van der Waals surface area (Å²) in [6, 6.07) is 0.678. The quantitative estimate of drug-likeness (QED) is 0.732. The highest BCUT2D eigenvalue weighted by atomic mass is 16.2. The van der Waals surface area contributed by atoms with Crippen LogP contribution in [0.2, 0.25) is 0 Å². The summed E-state index contributed by atoms with van der Waals surface area (Å²) in [7, 11) is 0. The highest BCUT2D eigenvalue weighted by Gasteiger charge is 2.19. The Bertz CT molecular complexity index is 225. The lowest BCUT2D eigenvalue weighted by molar-refractivity contribution is -0.123. The SMILES string of the molecule is CCCC(CC)NC(=O)CN1CCC(N)CC1. The molecule has 0 aromatic rings. The van der Waals surface area contributed by atoms with Gasteiger partial charge < -0.3 is 11.1 Å². The van der Waals surface area contributed by atoms with Crippen molar-refractivity contribution in [1.82, 2.24) is 10.2 Å². The molecule has 4 nitrogen and oxygen atoms in total. The number of likely N-dealkylation sites (tertiary alicyclic amines) is 1. The predicted molar refractivity (Wildman–Crippen MR) is 70.8 cm³/mol. The zero-order valence-electron chi connectivity index (χ0n) is 11.2. The maximum atomic E-state index is 11.9. The van der Waals surface area contributed by atoms with Crippen LogP contribution in [-0.4, -0.2) is 42.5 Å². The third-order valence-corrected chi connectivity index (χ3v) is 3.49. The summed E-state index contributed by atoms with van der Waals surface area (Å²) in [5.74, 6) is 0.167. The fourth-order valence-corrected chi connectivity index (χ4v) is 2.31. The van der Waals surface area contributed by atoms with Crippen LogP contribution in [0.25, 0.3) is 0 Å². The van der Waals surface area contributed by atoms with Gasteiger partial charge in [-0.2, -0.15) is 0 Å². The number of amides is 1. The highest BCUT2D eigenvalue weighted by Crippen LogP contribution is 2.07. The Morgan fingerprint density at radius 1 is 1.41 bits per heavy atom. The van der Waals surface area contributed by atoms with Gasteiger partial charge in [0.2, 0.25) is 5.91 Å². The Morgan fingerprint density at radius 2 is 2.06 bits per heavy atom. The van der Waals surface area contributed by atoms with Crippen LogP contribution in [-0.2, 0) is 4.79 Å². The number of carbonyl (C=O) groups excluding carboxylic acids is 1. The van der Waals surface area contributed by atoms with Crippen LogP contribution in [0.15, 0.2) is 0 Å². The summed E-state index contributed by atoms with van der Waals surface area (Å²) in [5, 5.41) is 3.11.